The number of esters is 1. The number of nitro groups is 1. The number of nitrogens with zero attached hydrogens (tertiary/aromatic N) is 5. The van der Waals surface area contributed by atoms with Crippen molar-refractivity contribution in [1.29, 1.82) is 0 Å². The van der Waals surface area contributed by atoms with E-state index in [0.717, 1.165) is 31.0 Å². The second-order valence-electron chi connectivity index (χ2n) is 13.5. The highest BCUT2D eigenvalue weighted by atomic mass is 35.5. The van der Waals surface area contributed by atoms with Crippen LogP contribution in [0.25, 0.3) is 22.3 Å². The Bertz CT molecular complexity index is 2330. The number of hydrogen-bond acceptors (Lipinski definition) is 9. The SMILES string of the molecule is CCOC(=O)COc1cc(F)c(-c2c(Cl)n3n(c2=O)CC(C[C@H](C)C2Oc4cc(F)c(-c5c(Cl)n6n(c5=O)CCCC6)cc4NC2=O)CC3)cc1[N+](=O)[O-]. The number of rotatable bonds is 10. The van der Waals surface area contributed by atoms with Crippen molar-refractivity contribution in [2.24, 2.45) is 11.8 Å². The zero-order valence-electron chi connectivity index (χ0n) is 29.0. The number of hydrogen-bond donors (Lipinski definition) is 1. The van der Waals surface area contributed by atoms with Gasteiger partial charge in [0.2, 0.25) is 5.75 Å². The van der Waals surface area contributed by atoms with Crippen LogP contribution < -0.4 is 25.9 Å². The fourth-order valence-corrected chi connectivity index (χ4v) is 8.18. The molecule has 15 nitrogen and oxygen atoms in total. The highest BCUT2D eigenvalue weighted by Gasteiger charge is 2.37. The highest BCUT2D eigenvalue weighted by Crippen LogP contribution is 2.41. The molecule has 54 heavy (non-hydrogen) atoms. The lowest BCUT2D eigenvalue weighted by Crippen LogP contribution is -2.43. The first-order chi connectivity index (χ1) is 25.8. The third kappa shape index (κ3) is 6.52. The standard InChI is InChI=1S/C35H34Cl2F2N6O9/c1-3-52-27(46)16-53-26-14-22(39)20(12-24(26)45(50)51)29-32(37)42-9-6-18(15-44(42)35(29)49)10-17(2)30-33(47)40-23-11-19(21(38)13-25(23)54-30)28-31(36)41-7-4-5-8-43(41)34(28)48/h11-14,17-18,30H,3-10,15-16H2,1-2H3,(H,40,47)/t17-,18?,30?/m0/s1. The molecule has 3 aliphatic rings. The Hall–Kier alpha value is -5.16. The molecule has 1 N–H and O–H groups in total. The number of anilines is 1. The van der Waals surface area contributed by atoms with Gasteiger partial charge in [-0.2, -0.15) is 0 Å². The molecule has 0 saturated carbocycles. The van der Waals surface area contributed by atoms with Crippen LogP contribution in [0.1, 0.15) is 39.5 Å². The van der Waals surface area contributed by atoms with Crippen molar-refractivity contribution in [1.82, 2.24) is 18.7 Å². The number of carbonyl (C=O) groups excluding carboxylic acids is 2. The largest absolute Gasteiger partial charge is 0.478 e. The van der Waals surface area contributed by atoms with Gasteiger partial charge < -0.3 is 19.5 Å². The molecule has 0 spiro atoms. The quantitative estimate of drug-likeness (QED) is 0.122. The first-order valence-corrected chi connectivity index (χ1v) is 18.1. The molecule has 4 aromatic rings. The first-order valence-electron chi connectivity index (χ1n) is 17.3. The van der Waals surface area contributed by atoms with Crippen LogP contribution in [0.2, 0.25) is 10.3 Å². The van der Waals surface area contributed by atoms with E-state index in [-0.39, 0.29) is 64.0 Å². The Morgan fingerprint density at radius 3 is 2.28 bits per heavy atom. The maximum atomic E-state index is 15.6. The maximum Gasteiger partial charge on any atom is 0.344 e. The Kier molecular flexibility index (Phi) is 10.0. The third-order valence-electron chi connectivity index (χ3n) is 10.0. The van der Waals surface area contributed by atoms with Crippen LogP contribution in [-0.4, -0.2) is 54.8 Å². The van der Waals surface area contributed by atoms with Gasteiger partial charge >= 0.3 is 11.7 Å². The Labute approximate surface area is 315 Å². The van der Waals surface area contributed by atoms with E-state index in [0.29, 0.717) is 25.9 Å². The van der Waals surface area contributed by atoms with Crippen molar-refractivity contribution in [3.63, 3.8) is 0 Å². The number of amides is 1. The number of fused-ring (bicyclic) bond motifs is 3. The molecule has 2 aromatic carbocycles. The van der Waals surface area contributed by atoms with E-state index in [2.05, 4.69) is 5.32 Å². The number of carbonyl (C=O) groups is 2. The average molecular weight is 792 g/mol. The van der Waals surface area contributed by atoms with E-state index in [9.17, 15) is 29.3 Å². The molecular weight excluding hydrogens is 757 g/mol. The van der Waals surface area contributed by atoms with Crippen molar-refractivity contribution >= 4 is 46.5 Å². The molecule has 3 aliphatic heterocycles. The summed E-state index contributed by atoms with van der Waals surface area (Å²) in [6.45, 7) is 4.10. The predicted molar refractivity (Wildman–Crippen MR) is 191 cm³/mol. The Balaban J connectivity index is 1.08. The third-order valence-corrected chi connectivity index (χ3v) is 10.8. The van der Waals surface area contributed by atoms with Crippen LogP contribution in [0, 0.1) is 33.6 Å². The lowest BCUT2D eigenvalue weighted by molar-refractivity contribution is -0.385. The summed E-state index contributed by atoms with van der Waals surface area (Å²) in [5, 5.41) is 14.7. The van der Waals surface area contributed by atoms with Crippen LogP contribution in [0.5, 0.6) is 11.5 Å². The normalized spacial score (nSPS) is 18.1. The van der Waals surface area contributed by atoms with E-state index < -0.39 is 75.2 Å². The first kappa shape index (κ1) is 37.2. The fourth-order valence-electron chi connectivity index (χ4n) is 7.47. The molecular formula is C35H34Cl2F2N6O9. The summed E-state index contributed by atoms with van der Waals surface area (Å²) in [4.78, 5) is 62.9. The van der Waals surface area contributed by atoms with E-state index >= 15 is 8.78 Å². The molecule has 0 bridgehead atoms. The number of nitro benzene ring substituents is 1. The number of halogens is 4. The van der Waals surface area contributed by atoms with E-state index in [1.807, 2.05) is 0 Å². The molecule has 1 amide bonds. The van der Waals surface area contributed by atoms with Gasteiger partial charge in [0.25, 0.3) is 17.0 Å². The second-order valence-corrected chi connectivity index (χ2v) is 14.2. The van der Waals surface area contributed by atoms with Crippen molar-refractivity contribution in [2.75, 3.05) is 18.5 Å². The van der Waals surface area contributed by atoms with E-state index in [4.69, 9.17) is 37.4 Å². The van der Waals surface area contributed by atoms with Crippen LogP contribution in [0.15, 0.2) is 33.9 Å². The van der Waals surface area contributed by atoms with Crippen LogP contribution in [0.4, 0.5) is 20.2 Å². The van der Waals surface area contributed by atoms with E-state index in [1.165, 1.54) is 20.1 Å². The van der Waals surface area contributed by atoms with Crippen molar-refractivity contribution in [3.05, 3.63) is 77.0 Å². The van der Waals surface area contributed by atoms with Crippen molar-refractivity contribution in [2.45, 2.75) is 71.8 Å². The van der Waals surface area contributed by atoms with Gasteiger partial charge in [-0.3, -0.25) is 33.9 Å². The molecule has 0 radical (unpaired) electrons. The molecule has 0 fully saturated rings. The van der Waals surface area contributed by atoms with Crippen molar-refractivity contribution < 1.29 is 37.5 Å². The number of benzene rings is 2. The summed E-state index contributed by atoms with van der Waals surface area (Å²) in [5.74, 6) is -4.07. The van der Waals surface area contributed by atoms with Gasteiger partial charge in [0, 0.05) is 61.4 Å². The molecule has 19 heteroatoms. The van der Waals surface area contributed by atoms with Gasteiger partial charge in [-0.05, 0) is 44.6 Å². The van der Waals surface area contributed by atoms with Crippen LogP contribution in [-0.2, 0) is 40.5 Å². The second kappa shape index (κ2) is 14.6. The summed E-state index contributed by atoms with van der Waals surface area (Å²) < 4.78 is 52.9. The average Bonchev–Trinajstić information content (AvgIpc) is 3.53. The molecule has 0 saturated heterocycles. The Morgan fingerprint density at radius 1 is 0.981 bits per heavy atom. The van der Waals surface area contributed by atoms with Crippen LogP contribution in [0.3, 0.4) is 0 Å². The van der Waals surface area contributed by atoms with Gasteiger partial charge in [-0.25, -0.2) is 22.9 Å². The maximum absolute atomic E-state index is 15.6. The minimum Gasteiger partial charge on any atom is -0.478 e. The highest BCUT2D eigenvalue weighted by molar-refractivity contribution is 6.32. The van der Waals surface area contributed by atoms with Gasteiger partial charge in [0.1, 0.15) is 27.7 Å². The molecule has 5 heterocycles. The zero-order valence-corrected chi connectivity index (χ0v) is 30.5. The minimum atomic E-state index is -1.03. The fraction of sp³-hybridized carbons (Fsp3) is 0.429. The monoisotopic (exact) mass is 790 g/mol. The predicted octanol–water partition coefficient (Wildman–Crippen LogP) is 5.62. The summed E-state index contributed by atoms with van der Waals surface area (Å²) in [6, 6.07) is 4.03. The molecule has 0 aliphatic carbocycles. The van der Waals surface area contributed by atoms with Crippen LogP contribution >= 0.6 is 23.2 Å². The lowest BCUT2D eigenvalue weighted by atomic mass is 9.88. The number of nitrogens with one attached hydrogen (secondary N) is 1. The summed E-state index contributed by atoms with van der Waals surface area (Å²) in [5.41, 5.74) is -2.30. The summed E-state index contributed by atoms with van der Waals surface area (Å²) >= 11 is 13.1. The lowest BCUT2D eigenvalue weighted by Gasteiger charge is -2.33. The molecule has 7 rings (SSSR count). The van der Waals surface area contributed by atoms with Gasteiger partial charge in [0.15, 0.2) is 12.7 Å². The van der Waals surface area contributed by atoms with Gasteiger partial charge in [0.05, 0.1) is 28.3 Å². The molecule has 3 atom stereocenters. The summed E-state index contributed by atoms with van der Waals surface area (Å²) in [7, 11) is 0. The van der Waals surface area contributed by atoms with E-state index in [1.54, 1.807) is 18.5 Å². The molecule has 286 valence electrons. The zero-order chi connectivity index (χ0) is 38.6. The molecule has 2 unspecified atom stereocenters. The number of aromatic nitrogens is 4. The van der Waals surface area contributed by atoms with Gasteiger partial charge in [-0.15, -0.1) is 0 Å². The summed E-state index contributed by atoms with van der Waals surface area (Å²) in [6.07, 6.45) is 1.54. The minimum absolute atomic E-state index is 0.0159. The smallest absolute Gasteiger partial charge is 0.344 e. The van der Waals surface area contributed by atoms with Gasteiger partial charge in [-0.1, -0.05) is 30.1 Å². The topological polar surface area (TPSA) is 171 Å². The van der Waals surface area contributed by atoms with Crippen molar-refractivity contribution in [3.8, 4) is 33.8 Å². The molecule has 2 aromatic heterocycles. The number of ether oxygens (including phenoxy) is 3. The Morgan fingerprint density at radius 2 is 1.61 bits per heavy atom.